The van der Waals surface area contributed by atoms with Gasteiger partial charge >= 0.3 is 0 Å². The Morgan fingerprint density at radius 3 is 2.47 bits per heavy atom. The van der Waals surface area contributed by atoms with Gasteiger partial charge in [-0.3, -0.25) is 9.59 Å². The molecule has 0 radical (unpaired) electrons. The number of nitrogens with zero attached hydrogens (tertiary/aromatic N) is 1. The summed E-state index contributed by atoms with van der Waals surface area (Å²) < 4.78 is 5.49. The molecule has 1 atom stereocenters. The zero-order valence-corrected chi connectivity index (χ0v) is 20.1. The second-order valence-electron chi connectivity index (χ2n) is 8.28. The first-order valence-electron chi connectivity index (χ1n) is 11.5. The van der Waals surface area contributed by atoms with Crippen molar-refractivity contribution in [2.24, 2.45) is 0 Å². The van der Waals surface area contributed by atoms with E-state index in [0.717, 1.165) is 29.1 Å². The molecule has 5 nitrogen and oxygen atoms in total. The SMILES string of the molecule is CCOc1ccc(C(C)NC(=O)c2ccccc2SCC(=O)N(C)C2CCCCC2)cc1. The van der Waals surface area contributed by atoms with Gasteiger partial charge in [0.1, 0.15) is 5.75 Å². The standard InChI is InChI=1S/C26H34N2O3S/c1-4-31-22-16-14-20(15-17-22)19(2)27-26(30)23-12-8-9-13-24(23)32-18-25(29)28(3)21-10-6-5-7-11-21/h8-9,12-17,19,21H,4-7,10-11,18H2,1-3H3,(H,27,30). The first kappa shape index (κ1) is 24.2. The predicted molar refractivity (Wildman–Crippen MR) is 130 cm³/mol. The fraction of sp³-hybridized carbons (Fsp3) is 0.462. The summed E-state index contributed by atoms with van der Waals surface area (Å²) >= 11 is 1.44. The lowest BCUT2D eigenvalue weighted by molar-refractivity contribution is -0.129. The number of benzene rings is 2. The van der Waals surface area contributed by atoms with Crippen LogP contribution in [0.4, 0.5) is 0 Å². The molecule has 0 heterocycles. The van der Waals surface area contributed by atoms with Gasteiger partial charge in [0.15, 0.2) is 0 Å². The molecule has 2 aromatic carbocycles. The summed E-state index contributed by atoms with van der Waals surface area (Å²) in [4.78, 5) is 28.5. The van der Waals surface area contributed by atoms with Gasteiger partial charge in [0.2, 0.25) is 5.91 Å². The Kier molecular flexibility index (Phi) is 9.03. The molecule has 0 aliphatic heterocycles. The van der Waals surface area contributed by atoms with Gasteiger partial charge in [-0.25, -0.2) is 0 Å². The molecule has 32 heavy (non-hydrogen) atoms. The summed E-state index contributed by atoms with van der Waals surface area (Å²) in [5.41, 5.74) is 1.61. The average molecular weight is 455 g/mol. The number of ether oxygens (including phenoxy) is 1. The summed E-state index contributed by atoms with van der Waals surface area (Å²) in [7, 11) is 1.91. The second kappa shape index (κ2) is 12.0. The van der Waals surface area contributed by atoms with Crippen molar-refractivity contribution in [2.45, 2.75) is 62.9 Å². The summed E-state index contributed by atoms with van der Waals surface area (Å²) in [6.07, 6.45) is 5.85. The Morgan fingerprint density at radius 2 is 1.78 bits per heavy atom. The third-order valence-electron chi connectivity index (χ3n) is 6.04. The molecule has 6 heteroatoms. The van der Waals surface area contributed by atoms with Crippen LogP contribution in [0.2, 0.25) is 0 Å². The van der Waals surface area contributed by atoms with Crippen molar-refractivity contribution in [1.29, 1.82) is 0 Å². The molecule has 1 N–H and O–H groups in total. The molecule has 1 aliphatic rings. The molecule has 0 spiro atoms. The summed E-state index contributed by atoms with van der Waals surface area (Å²) in [5, 5.41) is 3.08. The van der Waals surface area contributed by atoms with Gasteiger partial charge in [0.25, 0.3) is 5.91 Å². The highest BCUT2D eigenvalue weighted by atomic mass is 32.2. The number of amides is 2. The third kappa shape index (κ3) is 6.52. The van der Waals surface area contributed by atoms with Crippen LogP contribution >= 0.6 is 11.8 Å². The number of carbonyl (C=O) groups excluding carboxylic acids is 2. The van der Waals surface area contributed by atoms with Gasteiger partial charge in [0, 0.05) is 18.0 Å². The maximum Gasteiger partial charge on any atom is 0.252 e. The summed E-state index contributed by atoms with van der Waals surface area (Å²) in [5.74, 6) is 1.15. The highest BCUT2D eigenvalue weighted by Gasteiger charge is 2.23. The lowest BCUT2D eigenvalue weighted by Gasteiger charge is -2.31. The topological polar surface area (TPSA) is 58.6 Å². The van der Waals surface area contributed by atoms with E-state index in [2.05, 4.69) is 5.32 Å². The minimum Gasteiger partial charge on any atom is -0.494 e. The average Bonchev–Trinajstić information content (AvgIpc) is 2.83. The molecule has 0 bridgehead atoms. The van der Waals surface area contributed by atoms with Crippen molar-refractivity contribution < 1.29 is 14.3 Å². The van der Waals surface area contributed by atoms with Gasteiger partial charge in [-0.2, -0.15) is 0 Å². The molecule has 1 saturated carbocycles. The molecule has 1 unspecified atom stereocenters. The van der Waals surface area contributed by atoms with Crippen LogP contribution in [0.25, 0.3) is 0 Å². The molecule has 2 amide bonds. The molecular formula is C26H34N2O3S. The monoisotopic (exact) mass is 454 g/mol. The molecular weight excluding hydrogens is 420 g/mol. The Morgan fingerprint density at radius 1 is 1.09 bits per heavy atom. The van der Waals surface area contributed by atoms with Gasteiger partial charge in [-0.05, 0) is 56.5 Å². The molecule has 2 aromatic rings. The Hall–Kier alpha value is -2.47. The van der Waals surface area contributed by atoms with Gasteiger partial charge in [0.05, 0.1) is 24.0 Å². The summed E-state index contributed by atoms with van der Waals surface area (Å²) in [6, 6.07) is 15.5. The highest BCUT2D eigenvalue weighted by molar-refractivity contribution is 8.00. The smallest absolute Gasteiger partial charge is 0.252 e. The van der Waals surface area contributed by atoms with E-state index in [1.165, 1.54) is 31.0 Å². The zero-order chi connectivity index (χ0) is 22.9. The maximum absolute atomic E-state index is 13.0. The second-order valence-corrected chi connectivity index (χ2v) is 9.30. The van der Waals surface area contributed by atoms with Crippen LogP contribution in [0.15, 0.2) is 53.4 Å². The molecule has 0 aromatic heterocycles. The van der Waals surface area contributed by atoms with Crippen LogP contribution in [-0.2, 0) is 4.79 Å². The van der Waals surface area contributed by atoms with Crippen molar-refractivity contribution in [1.82, 2.24) is 10.2 Å². The van der Waals surface area contributed by atoms with E-state index in [9.17, 15) is 9.59 Å². The minimum absolute atomic E-state index is 0.125. The van der Waals surface area contributed by atoms with Gasteiger partial charge in [-0.15, -0.1) is 11.8 Å². The number of carbonyl (C=O) groups is 2. The van der Waals surface area contributed by atoms with Crippen LogP contribution in [0.1, 0.15) is 67.9 Å². The number of thioether (sulfide) groups is 1. The van der Waals surface area contributed by atoms with Gasteiger partial charge < -0.3 is 15.0 Å². The van der Waals surface area contributed by atoms with E-state index in [1.807, 2.05) is 74.3 Å². The maximum atomic E-state index is 13.0. The first-order chi connectivity index (χ1) is 15.5. The molecule has 172 valence electrons. The van der Waals surface area contributed by atoms with Crippen molar-refractivity contribution in [3.8, 4) is 5.75 Å². The largest absolute Gasteiger partial charge is 0.494 e. The van der Waals surface area contributed by atoms with E-state index in [-0.39, 0.29) is 17.9 Å². The fourth-order valence-corrected chi connectivity index (χ4v) is 5.04. The molecule has 0 saturated heterocycles. The summed E-state index contributed by atoms with van der Waals surface area (Å²) in [6.45, 7) is 4.54. The predicted octanol–water partition coefficient (Wildman–Crippen LogP) is 5.46. The van der Waals surface area contributed by atoms with Gasteiger partial charge in [-0.1, -0.05) is 43.5 Å². The fourth-order valence-electron chi connectivity index (χ4n) is 4.07. The van der Waals surface area contributed by atoms with E-state index >= 15 is 0 Å². The Labute approximate surface area is 195 Å². The van der Waals surface area contributed by atoms with E-state index in [0.29, 0.717) is 24.0 Å². The molecule has 3 rings (SSSR count). The van der Waals surface area contributed by atoms with Crippen LogP contribution in [-0.4, -0.2) is 42.2 Å². The number of hydrogen-bond donors (Lipinski definition) is 1. The van der Waals surface area contributed by atoms with Crippen LogP contribution < -0.4 is 10.1 Å². The minimum atomic E-state index is -0.143. The Balaban J connectivity index is 1.59. The normalized spacial score (nSPS) is 15.1. The number of hydrogen-bond acceptors (Lipinski definition) is 4. The van der Waals surface area contributed by atoms with E-state index in [1.54, 1.807) is 0 Å². The van der Waals surface area contributed by atoms with Crippen molar-refractivity contribution in [3.63, 3.8) is 0 Å². The van der Waals surface area contributed by atoms with E-state index < -0.39 is 0 Å². The van der Waals surface area contributed by atoms with Crippen LogP contribution in [0.5, 0.6) is 5.75 Å². The Bertz CT molecular complexity index is 894. The number of nitrogens with one attached hydrogen (secondary N) is 1. The quantitative estimate of drug-likeness (QED) is 0.511. The number of rotatable bonds is 9. The zero-order valence-electron chi connectivity index (χ0n) is 19.3. The third-order valence-corrected chi connectivity index (χ3v) is 7.10. The van der Waals surface area contributed by atoms with Crippen molar-refractivity contribution >= 4 is 23.6 Å². The molecule has 1 fully saturated rings. The van der Waals surface area contributed by atoms with Crippen molar-refractivity contribution in [3.05, 3.63) is 59.7 Å². The molecule has 1 aliphatic carbocycles. The lowest BCUT2D eigenvalue weighted by Crippen LogP contribution is -2.39. The van der Waals surface area contributed by atoms with Crippen molar-refractivity contribution in [2.75, 3.05) is 19.4 Å². The van der Waals surface area contributed by atoms with Crippen LogP contribution in [0, 0.1) is 0 Å². The lowest BCUT2D eigenvalue weighted by atomic mass is 9.94. The van der Waals surface area contributed by atoms with E-state index in [4.69, 9.17) is 4.74 Å². The highest BCUT2D eigenvalue weighted by Crippen LogP contribution is 2.26. The first-order valence-corrected chi connectivity index (χ1v) is 12.5. The van der Waals surface area contributed by atoms with Crippen LogP contribution in [0.3, 0.4) is 0 Å².